The smallest absolute Gasteiger partial charge is 0.253 e. The molecule has 0 spiro atoms. The van der Waals surface area contributed by atoms with Crippen LogP contribution in [0.3, 0.4) is 0 Å². The van der Waals surface area contributed by atoms with Crippen LogP contribution < -0.4 is 10.6 Å². The van der Waals surface area contributed by atoms with E-state index >= 15 is 0 Å². The van der Waals surface area contributed by atoms with Gasteiger partial charge in [-0.2, -0.15) is 0 Å². The molecule has 1 heterocycles. The molecular weight excluding hydrogens is 446 g/mol. The highest BCUT2D eigenvalue weighted by Crippen LogP contribution is 2.23. The monoisotopic (exact) mass is 471 g/mol. The van der Waals surface area contributed by atoms with E-state index in [0.717, 1.165) is 17.0 Å². The van der Waals surface area contributed by atoms with Crippen molar-refractivity contribution in [3.63, 3.8) is 0 Å². The molecule has 1 aromatic heterocycles. The molecule has 34 heavy (non-hydrogen) atoms. The highest BCUT2D eigenvalue weighted by Gasteiger charge is 2.17. The Morgan fingerprint density at radius 3 is 2.29 bits per heavy atom. The summed E-state index contributed by atoms with van der Waals surface area (Å²) in [5.41, 5.74) is 2.84. The Morgan fingerprint density at radius 2 is 1.56 bits per heavy atom. The molecular formula is C26H25N5O2S. The van der Waals surface area contributed by atoms with Gasteiger partial charge in [-0.3, -0.25) is 9.59 Å². The largest absolute Gasteiger partial charge is 0.345 e. The lowest BCUT2D eigenvalue weighted by atomic mass is 10.1. The highest BCUT2D eigenvalue weighted by atomic mass is 32.2. The number of nitrogens with zero attached hydrogens (tertiary/aromatic N) is 3. The lowest BCUT2D eigenvalue weighted by Crippen LogP contribution is -2.28. The average Bonchev–Trinajstić information content (AvgIpc) is 3.24. The second kappa shape index (κ2) is 10.8. The zero-order valence-electron chi connectivity index (χ0n) is 18.9. The second-order valence-corrected chi connectivity index (χ2v) is 8.66. The third kappa shape index (κ3) is 5.52. The van der Waals surface area contributed by atoms with Crippen molar-refractivity contribution in [1.29, 1.82) is 0 Å². The Kier molecular flexibility index (Phi) is 7.39. The van der Waals surface area contributed by atoms with Gasteiger partial charge in [-0.1, -0.05) is 84.6 Å². The van der Waals surface area contributed by atoms with Crippen LogP contribution in [0.25, 0.3) is 11.4 Å². The topological polar surface area (TPSA) is 88.9 Å². The van der Waals surface area contributed by atoms with E-state index in [4.69, 9.17) is 0 Å². The Morgan fingerprint density at radius 1 is 0.912 bits per heavy atom. The second-order valence-electron chi connectivity index (χ2n) is 7.72. The molecule has 1 atom stereocenters. The molecule has 0 aliphatic rings. The van der Waals surface area contributed by atoms with E-state index in [9.17, 15) is 9.59 Å². The summed E-state index contributed by atoms with van der Waals surface area (Å²) >= 11 is 1.29. The number of hydrogen-bond acceptors (Lipinski definition) is 5. The minimum atomic E-state index is -0.249. The zero-order valence-corrected chi connectivity index (χ0v) is 19.8. The van der Waals surface area contributed by atoms with Crippen molar-refractivity contribution >= 4 is 29.3 Å². The number of carbonyl (C=O) groups is 2. The van der Waals surface area contributed by atoms with Crippen LogP contribution in [0.5, 0.6) is 0 Å². The number of benzene rings is 3. The normalized spacial score (nSPS) is 11.6. The van der Waals surface area contributed by atoms with E-state index < -0.39 is 0 Å². The minimum absolute atomic E-state index is 0.136. The van der Waals surface area contributed by atoms with E-state index in [1.165, 1.54) is 11.8 Å². The fraction of sp³-hybridized carbons (Fsp3) is 0.154. The Hall–Kier alpha value is -3.91. The van der Waals surface area contributed by atoms with Gasteiger partial charge >= 0.3 is 0 Å². The van der Waals surface area contributed by atoms with E-state index in [2.05, 4.69) is 20.8 Å². The van der Waals surface area contributed by atoms with Crippen molar-refractivity contribution in [3.05, 3.63) is 96.1 Å². The minimum Gasteiger partial charge on any atom is -0.345 e. The van der Waals surface area contributed by atoms with Crippen LogP contribution >= 0.6 is 11.8 Å². The fourth-order valence-electron chi connectivity index (χ4n) is 3.49. The van der Waals surface area contributed by atoms with Crippen LogP contribution in [0.2, 0.25) is 0 Å². The summed E-state index contributed by atoms with van der Waals surface area (Å²) in [5, 5.41) is 14.9. The number of anilines is 1. The standard InChI is InChI=1S/C26H25N5O2S/c1-18(19-11-5-3-6-12-19)27-25(33)21-15-9-10-16-22(21)28-23(32)17-34-26-30-29-24(31(26)2)20-13-7-4-8-14-20/h3-16,18H,17H2,1-2H3,(H,27,33)(H,28,32). The van der Waals surface area contributed by atoms with Crippen molar-refractivity contribution in [1.82, 2.24) is 20.1 Å². The molecule has 4 aromatic rings. The summed E-state index contributed by atoms with van der Waals surface area (Å²) in [4.78, 5) is 25.6. The number of thioether (sulfide) groups is 1. The number of hydrogen-bond donors (Lipinski definition) is 2. The molecule has 2 N–H and O–H groups in total. The summed E-state index contributed by atoms with van der Waals surface area (Å²) in [6.45, 7) is 1.93. The van der Waals surface area contributed by atoms with E-state index in [-0.39, 0.29) is 23.6 Å². The van der Waals surface area contributed by atoms with Gasteiger partial charge < -0.3 is 15.2 Å². The fourth-order valence-corrected chi connectivity index (χ4v) is 4.20. The van der Waals surface area contributed by atoms with Crippen LogP contribution in [0.15, 0.2) is 90.1 Å². The molecule has 0 aliphatic carbocycles. The Bertz CT molecular complexity index is 1270. The van der Waals surface area contributed by atoms with Crippen molar-refractivity contribution in [2.24, 2.45) is 7.05 Å². The van der Waals surface area contributed by atoms with E-state index in [1.807, 2.05) is 79.2 Å². The van der Waals surface area contributed by atoms with Crippen LogP contribution in [-0.4, -0.2) is 32.3 Å². The van der Waals surface area contributed by atoms with Crippen LogP contribution in [0.4, 0.5) is 5.69 Å². The Labute approximate surface area is 202 Å². The first-order chi connectivity index (χ1) is 16.5. The molecule has 0 bridgehead atoms. The molecule has 1 unspecified atom stereocenters. The zero-order chi connectivity index (χ0) is 23.9. The van der Waals surface area contributed by atoms with Gasteiger partial charge in [0.25, 0.3) is 5.91 Å². The number of aromatic nitrogens is 3. The van der Waals surface area contributed by atoms with Gasteiger partial charge in [0.15, 0.2) is 11.0 Å². The molecule has 7 nitrogen and oxygen atoms in total. The predicted octanol–water partition coefficient (Wildman–Crippen LogP) is 4.70. The molecule has 4 rings (SSSR count). The number of nitrogens with one attached hydrogen (secondary N) is 2. The van der Waals surface area contributed by atoms with Gasteiger partial charge in [0.2, 0.25) is 5.91 Å². The quantitative estimate of drug-likeness (QED) is 0.364. The number of para-hydroxylation sites is 1. The van der Waals surface area contributed by atoms with Gasteiger partial charge in [0, 0.05) is 12.6 Å². The maximum atomic E-state index is 12.9. The van der Waals surface area contributed by atoms with Crippen LogP contribution in [-0.2, 0) is 11.8 Å². The summed E-state index contributed by atoms with van der Waals surface area (Å²) < 4.78 is 1.86. The maximum absolute atomic E-state index is 12.9. The number of amides is 2. The van der Waals surface area contributed by atoms with Crippen LogP contribution in [0, 0.1) is 0 Å². The molecule has 0 radical (unpaired) electrons. The molecule has 0 saturated heterocycles. The predicted molar refractivity (Wildman–Crippen MR) is 135 cm³/mol. The van der Waals surface area contributed by atoms with E-state index in [0.29, 0.717) is 16.4 Å². The number of rotatable bonds is 8. The SMILES string of the molecule is CC(NC(=O)c1ccccc1NC(=O)CSc1nnc(-c2ccccc2)n1C)c1ccccc1. The van der Waals surface area contributed by atoms with Crippen molar-refractivity contribution in [2.75, 3.05) is 11.1 Å². The first-order valence-corrected chi connectivity index (χ1v) is 11.8. The van der Waals surface area contributed by atoms with Gasteiger partial charge in [0.05, 0.1) is 23.0 Å². The summed E-state index contributed by atoms with van der Waals surface area (Å²) in [6.07, 6.45) is 0. The Balaban J connectivity index is 1.39. The van der Waals surface area contributed by atoms with Crippen molar-refractivity contribution in [2.45, 2.75) is 18.1 Å². The molecule has 0 fully saturated rings. The average molecular weight is 472 g/mol. The molecule has 0 aliphatic heterocycles. The van der Waals surface area contributed by atoms with Crippen molar-refractivity contribution < 1.29 is 9.59 Å². The van der Waals surface area contributed by atoms with E-state index in [1.54, 1.807) is 24.3 Å². The summed E-state index contributed by atoms with van der Waals surface area (Å²) in [5.74, 6) is 0.390. The van der Waals surface area contributed by atoms with Gasteiger partial charge in [-0.05, 0) is 24.6 Å². The lowest BCUT2D eigenvalue weighted by molar-refractivity contribution is -0.113. The summed E-state index contributed by atoms with van der Waals surface area (Å²) in [7, 11) is 1.87. The third-order valence-corrected chi connectivity index (χ3v) is 6.31. The summed E-state index contributed by atoms with van der Waals surface area (Å²) in [6, 6.07) is 26.3. The highest BCUT2D eigenvalue weighted by molar-refractivity contribution is 7.99. The number of carbonyl (C=O) groups excluding carboxylic acids is 2. The van der Waals surface area contributed by atoms with Gasteiger partial charge in [0.1, 0.15) is 0 Å². The third-order valence-electron chi connectivity index (χ3n) is 5.29. The molecule has 172 valence electrons. The van der Waals surface area contributed by atoms with Crippen molar-refractivity contribution in [3.8, 4) is 11.4 Å². The molecule has 0 saturated carbocycles. The van der Waals surface area contributed by atoms with Crippen LogP contribution in [0.1, 0.15) is 28.9 Å². The lowest BCUT2D eigenvalue weighted by Gasteiger charge is -2.16. The van der Waals surface area contributed by atoms with Gasteiger partial charge in [-0.25, -0.2) is 0 Å². The first kappa shape index (κ1) is 23.3. The molecule has 8 heteroatoms. The molecule has 3 aromatic carbocycles. The first-order valence-electron chi connectivity index (χ1n) is 10.8. The van der Waals surface area contributed by atoms with Gasteiger partial charge in [-0.15, -0.1) is 10.2 Å². The maximum Gasteiger partial charge on any atom is 0.253 e. The molecule has 2 amide bonds.